The molecule has 0 atom stereocenters. The number of hydrogen-bond acceptors (Lipinski definition) is 5. The lowest BCUT2D eigenvalue weighted by molar-refractivity contribution is -0.117. The van der Waals surface area contributed by atoms with Crippen molar-refractivity contribution < 1.29 is 17.9 Å². The highest BCUT2D eigenvalue weighted by Crippen LogP contribution is 2.38. The van der Waals surface area contributed by atoms with E-state index in [-0.39, 0.29) is 16.6 Å². The number of anilines is 2. The van der Waals surface area contributed by atoms with Gasteiger partial charge in [-0.2, -0.15) is 0 Å². The van der Waals surface area contributed by atoms with Gasteiger partial charge in [0.05, 0.1) is 17.1 Å². The van der Waals surface area contributed by atoms with Crippen molar-refractivity contribution in [3.8, 4) is 5.75 Å². The Labute approximate surface area is 153 Å². The van der Waals surface area contributed by atoms with Gasteiger partial charge in [-0.1, -0.05) is 0 Å². The number of fused-ring (bicyclic) bond motifs is 1. The van der Waals surface area contributed by atoms with E-state index < -0.39 is 15.6 Å². The van der Waals surface area contributed by atoms with Crippen LogP contribution in [0.2, 0.25) is 0 Å². The lowest BCUT2D eigenvalue weighted by Gasteiger charge is -2.39. The van der Waals surface area contributed by atoms with Crippen LogP contribution >= 0.6 is 0 Å². The Morgan fingerprint density at radius 3 is 2.65 bits per heavy atom. The van der Waals surface area contributed by atoms with Crippen molar-refractivity contribution in [1.29, 1.82) is 0 Å². The number of benzene rings is 1. The molecule has 2 heterocycles. The number of carbonyl (C=O) groups is 1. The third-order valence-corrected chi connectivity index (χ3v) is 5.34. The highest BCUT2D eigenvalue weighted by Gasteiger charge is 2.34. The van der Waals surface area contributed by atoms with Gasteiger partial charge in [-0.15, -0.1) is 0 Å². The molecule has 0 aliphatic carbocycles. The van der Waals surface area contributed by atoms with Crippen LogP contribution in [-0.4, -0.2) is 31.5 Å². The molecule has 0 unspecified atom stereocenters. The SMILES string of the molecule is CC(=O)N1CC(C)(C)Oc2ccc(S(=O)(=O)Nc3cc(C)ccn3)cc21. The van der Waals surface area contributed by atoms with E-state index in [0.29, 0.717) is 18.0 Å². The Kier molecular flexibility index (Phi) is 4.39. The molecule has 1 aromatic heterocycles. The number of ether oxygens (including phenoxy) is 1. The minimum absolute atomic E-state index is 0.0362. The van der Waals surface area contributed by atoms with Gasteiger partial charge in [0.25, 0.3) is 10.0 Å². The van der Waals surface area contributed by atoms with Crippen LogP contribution < -0.4 is 14.4 Å². The number of amides is 1. The lowest BCUT2D eigenvalue weighted by atomic mass is 10.1. The molecule has 0 bridgehead atoms. The quantitative estimate of drug-likeness (QED) is 0.891. The fraction of sp³-hybridized carbons (Fsp3) is 0.333. The van der Waals surface area contributed by atoms with Gasteiger partial charge in [0.2, 0.25) is 5.91 Å². The molecule has 2 aromatic rings. The van der Waals surface area contributed by atoms with E-state index in [1.165, 1.54) is 30.2 Å². The number of nitrogens with zero attached hydrogens (tertiary/aromatic N) is 2. The first-order valence-electron chi connectivity index (χ1n) is 8.14. The summed E-state index contributed by atoms with van der Waals surface area (Å²) in [6.45, 7) is 7.39. The number of rotatable bonds is 3. The van der Waals surface area contributed by atoms with Crippen molar-refractivity contribution in [1.82, 2.24) is 4.98 Å². The lowest BCUT2D eigenvalue weighted by Crippen LogP contribution is -2.48. The van der Waals surface area contributed by atoms with Crippen LogP contribution in [0.3, 0.4) is 0 Å². The van der Waals surface area contributed by atoms with Crippen molar-refractivity contribution in [2.45, 2.75) is 38.2 Å². The van der Waals surface area contributed by atoms with E-state index in [2.05, 4.69) is 9.71 Å². The number of pyridine rings is 1. The monoisotopic (exact) mass is 375 g/mol. The van der Waals surface area contributed by atoms with E-state index >= 15 is 0 Å². The second-order valence-corrected chi connectivity index (χ2v) is 8.60. The summed E-state index contributed by atoms with van der Waals surface area (Å²) in [6, 6.07) is 7.90. The summed E-state index contributed by atoms with van der Waals surface area (Å²) in [5.41, 5.74) is 0.779. The Balaban J connectivity index is 2.00. The number of aryl methyl sites for hydroxylation is 1. The average molecular weight is 375 g/mol. The smallest absolute Gasteiger partial charge is 0.263 e. The van der Waals surface area contributed by atoms with Crippen LogP contribution in [0.4, 0.5) is 11.5 Å². The molecular formula is C18H21N3O4S. The zero-order valence-electron chi connectivity index (χ0n) is 15.1. The molecule has 1 amide bonds. The molecule has 26 heavy (non-hydrogen) atoms. The Bertz CT molecular complexity index is 970. The summed E-state index contributed by atoms with van der Waals surface area (Å²) in [7, 11) is -3.85. The fourth-order valence-corrected chi connectivity index (χ4v) is 3.85. The van der Waals surface area contributed by atoms with Crippen molar-refractivity contribution in [3.63, 3.8) is 0 Å². The van der Waals surface area contributed by atoms with Gasteiger partial charge in [-0.25, -0.2) is 13.4 Å². The molecule has 1 N–H and O–H groups in total. The Hall–Kier alpha value is -2.61. The van der Waals surface area contributed by atoms with Crippen molar-refractivity contribution >= 4 is 27.4 Å². The topological polar surface area (TPSA) is 88.6 Å². The second-order valence-electron chi connectivity index (χ2n) is 6.92. The van der Waals surface area contributed by atoms with Gasteiger partial charge in [-0.05, 0) is 56.7 Å². The summed E-state index contributed by atoms with van der Waals surface area (Å²) in [5, 5.41) is 0. The molecule has 7 nitrogen and oxygen atoms in total. The second kappa shape index (κ2) is 6.28. The molecule has 8 heteroatoms. The molecule has 0 spiro atoms. The molecule has 0 saturated heterocycles. The number of hydrogen-bond donors (Lipinski definition) is 1. The standard InChI is InChI=1S/C18H21N3O4S/c1-12-7-8-19-17(9-12)20-26(23,24)14-5-6-16-15(10-14)21(13(2)22)11-18(3,4)25-16/h5-10H,11H2,1-4H3,(H,19,20). The maximum Gasteiger partial charge on any atom is 0.263 e. The predicted molar refractivity (Wildman–Crippen MR) is 99.0 cm³/mol. The summed E-state index contributed by atoms with van der Waals surface area (Å²) in [5.74, 6) is 0.540. The van der Waals surface area contributed by atoms with Crippen molar-refractivity contribution in [2.75, 3.05) is 16.2 Å². The molecule has 1 aliphatic rings. The van der Waals surface area contributed by atoms with E-state index in [1.54, 1.807) is 18.2 Å². The molecule has 0 saturated carbocycles. The average Bonchev–Trinajstić information content (AvgIpc) is 2.52. The van der Waals surface area contributed by atoms with Gasteiger partial charge in [-0.3, -0.25) is 9.52 Å². The van der Waals surface area contributed by atoms with E-state index in [4.69, 9.17) is 4.74 Å². The van der Waals surface area contributed by atoms with E-state index in [1.807, 2.05) is 20.8 Å². The van der Waals surface area contributed by atoms with Gasteiger partial charge in [0.15, 0.2) is 0 Å². The minimum Gasteiger partial charge on any atom is -0.484 e. The highest BCUT2D eigenvalue weighted by molar-refractivity contribution is 7.92. The van der Waals surface area contributed by atoms with Crippen molar-refractivity contribution in [3.05, 3.63) is 42.1 Å². The van der Waals surface area contributed by atoms with Gasteiger partial charge < -0.3 is 9.64 Å². The largest absolute Gasteiger partial charge is 0.484 e. The summed E-state index contributed by atoms with van der Waals surface area (Å²) in [4.78, 5) is 17.6. The zero-order chi connectivity index (χ0) is 19.1. The molecular weight excluding hydrogens is 354 g/mol. The number of sulfonamides is 1. The normalized spacial score (nSPS) is 15.8. The highest BCUT2D eigenvalue weighted by atomic mass is 32.2. The Morgan fingerprint density at radius 1 is 1.27 bits per heavy atom. The summed E-state index contributed by atoms with van der Waals surface area (Å²) >= 11 is 0. The van der Waals surface area contributed by atoms with Crippen LogP contribution in [0.25, 0.3) is 0 Å². The first-order chi connectivity index (χ1) is 12.1. The molecule has 138 valence electrons. The van der Waals surface area contributed by atoms with Crippen LogP contribution in [-0.2, 0) is 14.8 Å². The third kappa shape index (κ3) is 3.65. The maximum atomic E-state index is 12.7. The summed E-state index contributed by atoms with van der Waals surface area (Å²) in [6.07, 6.45) is 1.54. The predicted octanol–water partition coefficient (Wildman–Crippen LogP) is 2.71. The van der Waals surface area contributed by atoms with Crippen LogP contribution in [0.15, 0.2) is 41.4 Å². The van der Waals surface area contributed by atoms with Gasteiger partial charge in [0.1, 0.15) is 17.2 Å². The van der Waals surface area contributed by atoms with E-state index in [9.17, 15) is 13.2 Å². The molecule has 1 aliphatic heterocycles. The maximum absolute atomic E-state index is 12.7. The van der Waals surface area contributed by atoms with Crippen LogP contribution in [0.1, 0.15) is 26.3 Å². The van der Waals surface area contributed by atoms with Gasteiger partial charge >= 0.3 is 0 Å². The zero-order valence-corrected chi connectivity index (χ0v) is 15.9. The van der Waals surface area contributed by atoms with Gasteiger partial charge in [0, 0.05) is 13.1 Å². The van der Waals surface area contributed by atoms with Crippen LogP contribution in [0.5, 0.6) is 5.75 Å². The summed E-state index contributed by atoms with van der Waals surface area (Å²) < 4.78 is 33.8. The third-order valence-electron chi connectivity index (χ3n) is 3.99. The number of aromatic nitrogens is 1. The molecule has 0 fully saturated rings. The van der Waals surface area contributed by atoms with Crippen molar-refractivity contribution in [2.24, 2.45) is 0 Å². The first-order valence-corrected chi connectivity index (χ1v) is 9.62. The number of carbonyl (C=O) groups excluding carboxylic acids is 1. The fourth-order valence-electron chi connectivity index (χ4n) is 2.83. The van der Waals surface area contributed by atoms with E-state index in [0.717, 1.165) is 5.56 Å². The molecule has 1 aromatic carbocycles. The minimum atomic E-state index is -3.85. The first kappa shape index (κ1) is 18.2. The molecule has 0 radical (unpaired) electrons. The Morgan fingerprint density at radius 2 is 2.00 bits per heavy atom. The van der Waals surface area contributed by atoms with Crippen LogP contribution in [0, 0.1) is 6.92 Å². The number of nitrogens with one attached hydrogen (secondary N) is 1. The molecule has 3 rings (SSSR count).